The third kappa shape index (κ3) is 5.09. The predicted octanol–water partition coefficient (Wildman–Crippen LogP) is 2.46. The van der Waals surface area contributed by atoms with Gasteiger partial charge in [0.15, 0.2) is 0 Å². The van der Waals surface area contributed by atoms with E-state index in [0.717, 1.165) is 25.7 Å². The van der Waals surface area contributed by atoms with Crippen LogP contribution in [-0.2, 0) is 4.79 Å². The Bertz CT molecular complexity index is 329. The van der Waals surface area contributed by atoms with Gasteiger partial charge in [-0.3, -0.25) is 4.79 Å². The van der Waals surface area contributed by atoms with Crippen LogP contribution in [0.25, 0.3) is 0 Å². The Hall–Kier alpha value is -1.26. The lowest BCUT2D eigenvalue weighted by atomic mass is 9.90. The minimum absolute atomic E-state index is 0.0462. The van der Waals surface area contributed by atoms with E-state index in [1.54, 1.807) is 4.90 Å². The Morgan fingerprint density at radius 1 is 1.37 bits per heavy atom. The number of aliphatic carboxylic acids is 1. The van der Waals surface area contributed by atoms with Crippen LogP contribution >= 0.6 is 0 Å². The summed E-state index contributed by atoms with van der Waals surface area (Å²) in [6, 6.07) is -0.275. The smallest absolute Gasteiger partial charge is 0.317 e. The molecule has 19 heavy (non-hydrogen) atoms. The number of nitrogens with one attached hydrogen (secondary N) is 1. The molecule has 0 aromatic heterocycles. The monoisotopic (exact) mass is 270 g/mol. The summed E-state index contributed by atoms with van der Waals surface area (Å²) in [6.07, 6.45) is 3.79. The molecule has 2 N–H and O–H groups in total. The summed E-state index contributed by atoms with van der Waals surface area (Å²) in [6.45, 7) is 7.60. The zero-order chi connectivity index (χ0) is 14.5. The van der Waals surface area contributed by atoms with Gasteiger partial charge in [-0.1, -0.05) is 20.8 Å². The molecule has 0 bridgehead atoms. The molecule has 1 heterocycles. The second kappa shape index (κ2) is 6.78. The first-order valence-electron chi connectivity index (χ1n) is 7.12. The first kappa shape index (κ1) is 15.8. The molecule has 0 spiro atoms. The molecule has 1 saturated heterocycles. The average molecular weight is 270 g/mol. The Morgan fingerprint density at radius 3 is 2.63 bits per heavy atom. The Morgan fingerprint density at radius 2 is 2.05 bits per heavy atom. The molecule has 0 aromatic rings. The normalized spacial score (nSPS) is 20.2. The second-order valence-corrected chi connectivity index (χ2v) is 6.12. The number of amides is 2. The fraction of sp³-hybridized carbons (Fsp3) is 0.857. The van der Waals surface area contributed by atoms with Gasteiger partial charge >= 0.3 is 12.0 Å². The Balaban J connectivity index is 2.54. The highest BCUT2D eigenvalue weighted by Crippen LogP contribution is 2.21. The predicted molar refractivity (Wildman–Crippen MR) is 74.1 cm³/mol. The Kier molecular flexibility index (Phi) is 5.63. The number of piperidine rings is 1. The van der Waals surface area contributed by atoms with Gasteiger partial charge in [0.05, 0.1) is 6.42 Å². The van der Waals surface area contributed by atoms with Crippen LogP contribution in [0.3, 0.4) is 0 Å². The van der Waals surface area contributed by atoms with E-state index >= 15 is 0 Å². The number of nitrogens with zero attached hydrogens (tertiary/aromatic N) is 1. The molecule has 1 aliphatic rings. The van der Waals surface area contributed by atoms with Gasteiger partial charge in [-0.05, 0) is 31.1 Å². The standard InChI is InChI=1S/C14H26N2O3/c1-4-14(2,3)10-15-13(19)16-8-6-5-7-11(16)9-12(17)18/h11H,4-10H2,1-3H3,(H,15,19)(H,17,18). The highest BCUT2D eigenvalue weighted by atomic mass is 16.4. The minimum atomic E-state index is -0.835. The topological polar surface area (TPSA) is 69.6 Å². The van der Waals surface area contributed by atoms with Crippen molar-refractivity contribution in [1.29, 1.82) is 0 Å². The summed E-state index contributed by atoms with van der Waals surface area (Å²) in [4.78, 5) is 24.7. The molecule has 0 aliphatic carbocycles. The zero-order valence-electron chi connectivity index (χ0n) is 12.2. The van der Waals surface area contributed by atoms with Gasteiger partial charge in [0.1, 0.15) is 0 Å². The summed E-state index contributed by atoms with van der Waals surface area (Å²) in [7, 11) is 0. The van der Waals surface area contributed by atoms with Crippen molar-refractivity contribution in [1.82, 2.24) is 10.2 Å². The molecule has 1 rings (SSSR count). The van der Waals surface area contributed by atoms with E-state index in [1.165, 1.54) is 0 Å². The number of carbonyl (C=O) groups excluding carboxylic acids is 1. The zero-order valence-corrected chi connectivity index (χ0v) is 12.2. The summed E-state index contributed by atoms with van der Waals surface area (Å²) in [5.74, 6) is -0.835. The van der Waals surface area contributed by atoms with Crippen molar-refractivity contribution >= 4 is 12.0 Å². The van der Waals surface area contributed by atoms with Crippen LogP contribution in [0.5, 0.6) is 0 Å². The van der Waals surface area contributed by atoms with Crippen molar-refractivity contribution in [2.75, 3.05) is 13.1 Å². The molecule has 5 nitrogen and oxygen atoms in total. The van der Waals surface area contributed by atoms with Gasteiger partial charge in [-0.2, -0.15) is 0 Å². The molecule has 0 aromatic carbocycles. The number of hydrogen-bond donors (Lipinski definition) is 2. The van der Waals surface area contributed by atoms with Crippen molar-refractivity contribution in [2.24, 2.45) is 5.41 Å². The van der Waals surface area contributed by atoms with Crippen LogP contribution in [0, 0.1) is 5.41 Å². The van der Waals surface area contributed by atoms with E-state index in [1.807, 2.05) is 0 Å². The van der Waals surface area contributed by atoms with E-state index in [9.17, 15) is 9.59 Å². The van der Waals surface area contributed by atoms with Crippen molar-refractivity contribution in [2.45, 2.75) is 58.9 Å². The molecule has 5 heteroatoms. The van der Waals surface area contributed by atoms with Crippen LogP contribution in [0.4, 0.5) is 4.79 Å². The number of rotatable bonds is 5. The van der Waals surface area contributed by atoms with E-state index in [-0.39, 0.29) is 23.9 Å². The van der Waals surface area contributed by atoms with Gasteiger partial charge in [0.25, 0.3) is 0 Å². The number of hydrogen-bond acceptors (Lipinski definition) is 2. The van der Waals surface area contributed by atoms with E-state index in [4.69, 9.17) is 5.11 Å². The van der Waals surface area contributed by atoms with Crippen LogP contribution in [0.15, 0.2) is 0 Å². The molecule has 110 valence electrons. The lowest BCUT2D eigenvalue weighted by Crippen LogP contribution is -2.50. The van der Waals surface area contributed by atoms with Gasteiger partial charge in [-0.15, -0.1) is 0 Å². The minimum Gasteiger partial charge on any atom is -0.481 e. The lowest BCUT2D eigenvalue weighted by Gasteiger charge is -2.36. The maximum atomic E-state index is 12.2. The summed E-state index contributed by atoms with van der Waals surface area (Å²) >= 11 is 0. The van der Waals surface area contributed by atoms with Crippen molar-refractivity contribution in [3.8, 4) is 0 Å². The number of carboxylic acid groups (broad SMARTS) is 1. The van der Waals surface area contributed by atoms with Crippen LogP contribution in [-0.4, -0.2) is 41.1 Å². The third-order valence-electron chi connectivity index (χ3n) is 3.97. The molecule has 1 atom stereocenters. The molecule has 0 saturated carbocycles. The quantitative estimate of drug-likeness (QED) is 0.806. The summed E-state index contributed by atoms with van der Waals surface area (Å²) in [5.41, 5.74) is 0.0771. The van der Waals surface area contributed by atoms with Crippen LogP contribution < -0.4 is 5.32 Å². The fourth-order valence-corrected chi connectivity index (χ4v) is 2.22. The first-order valence-corrected chi connectivity index (χ1v) is 7.12. The van der Waals surface area contributed by atoms with Crippen molar-refractivity contribution < 1.29 is 14.7 Å². The highest BCUT2D eigenvalue weighted by Gasteiger charge is 2.29. The van der Waals surface area contributed by atoms with Gasteiger partial charge in [0, 0.05) is 19.1 Å². The molecule has 1 unspecified atom stereocenters. The lowest BCUT2D eigenvalue weighted by molar-refractivity contribution is -0.138. The van der Waals surface area contributed by atoms with E-state index in [2.05, 4.69) is 26.1 Å². The number of urea groups is 1. The summed E-state index contributed by atoms with van der Waals surface area (Å²) < 4.78 is 0. The van der Waals surface area contributed by atoms with Gasteiger partial charge in [-0.25, -0.2) is 4.79 Å². The van der Waals surface area contributed by atoms with Crippen LogP contribution in [0.2, 0.25) is 0 Å². The van der Waals surface area contributed by atoms with Gasteiger partial charge in [0.2, 0.25) is 0 Å². The Labute approximate surface area is 115 Å². The average Bonchev–Trinajstić information content (AvgIpc) is 2.36. The maximum Gasteiger partial charge on any atom is 0.317 e. The third-order valence-corrected chi connectivity index (χ3v) is 3.97. The largest absolute Gasteiger partial charge is 0.481 e. The van der Waals surface area contributed by atoms with E-state index < -0.39 is 5.97 Å². The summed E-state index contributed by atoms with van der Waals surface area (Å²) in [5, 5.41) is 11.8. The number of likely N-dealkylation sites (tertiary alicyclic amines) is 1. The molecular formula is C14H26N2O3. The van der Waals surface area contributed by atoms with E-state index in [0.29, 0.717) is 13.1 Å². The second-order valence-electron chi connectivity index (χ2n) is 6.12. The molecule has 2 amide bonds. The maximum absolute atomic E-state index is 12.2. The molecule has 1 aliphatic heterocycles. The van der Waals surface area contributed by atoms with Crippen molar-refractivity contribution in [3.05, 3.63) is 0 Å². The number of carboxylic acids is 1. The fourth-order valence-electron chi connectivity index (χ4n) is 2.22. The SMILES string of the molecule is CCC(C)(C)CNC(=O)N1CCCCC1CC(=O)O. The number of carbonyl (C=O) groups is 2. The first-order chi connectivity index (χ1) is 8.85. The highest BCUT2D eigenvalue weighted by molar-refractivity contribution is 5.76. The van der Waals surface area contributed by atoms with Crippen LogP contribution in [0.1, 0.15) is 52.9 Å². The van der Waals surface area contributed by atoms with Crippen molar-refractivity contribution in [3.63, 3.8) is 0 Å². The van der Waals surface area contributed by atoms with Gasteiger partial charge < -0.3 is 15.3 Å². The molecule has 1 fully saturated rings. The molecular weight excluding hydrogens is 244 g/mol. The molecule has 0 radical (unpaired) electrons.